The third kappa shape index (κ3) is 5.85. The number of anilines is 2. The number of carbonyl (C=O) groups is 1. The van der Waals surface area contributed by atoms with Gasteiger partial charge in [0.1, 0.15) is 11.6 Å². The van der Waals surface area contributed by atoms with Crippen molar-refractivity contribution in [2.45, 2.75) is 6.36 Å². The summed E-state index contributed by atoms with van der Waals surface area (Å²) in [6, 6.07) is 11.3. The molecule has 150 valence electrons. The number of quaternary nitrogens is 1. The minimum absolute atomic E-state index is 0.213. The predicted octanol–water partition coefficient (Wildman–Crippen LogP) is 2.07. The van der Waals surface area contributed by atoms with E-state index in [9.17, 15) is 22.4 Å². The van der Waals surface area contributed by atoms with Gasteiger partial charge in [0, 0.05) is 11.4 Å². The van der Waals surface area contributed by atoms with Crippen LogP contribution >= 0.6 is 0 Å². The van der Waals surface area contributed by atoms with Crippen LogP contribution in [0.2, 0.25) is 0 Å². The van der Waals surface area contributed by atoms with Crippen LogP contribution in [0.15, 0.2) is 48.5 Å². The first-order chi connectivity index (χ1) is 13.3. The van der Waals surface area contributed by atoms with E-state index in [1.165, 1.54) is 24.3 Å². The standard InChI is InChI=1S/C19H19F4N3O2/c20-14-1-5-16(6-2-14)26-11-9-25(10-12-26)13-18(27)24-15-3-7-17(8-4-15)28-19(21,22)23/h1-8H,9-13H2,(H,24,27)/p+1. The smallest absolute Gasteiger partial charge is 0.406 e. The van der Waals surface area contributed by atoms with Gasteiger partial charge in [-0.15, -0.1) is 13.2 Å². The van der Waals surface area contributed by atoms with Crippen LogP contribution in [0.3, 0.4) is 0 Å². The number of benzene rings is 2. The molecule has 3 rings (SSSR count). The largest absolute Gasteiger partial charge is 0.573 e. The molecule has 2 aromatic rings. The molecule has 2 aromatic carbocycles. The summed E-state index contributed by atoms with van der Waals surface area (Å²) in [5.41, 5.74) is 1.36. The van der Waals surface area contributed by atoms with Crippen LogP contribution in [-0.4, -0.2) is 45.0 Å². The highest BCUT2D eigenvalue weighted by Gasteiger charge is 2.31. The molecule has 1 aliphatic heterocycles. The van der Waals surface area contributed by atoms with Crippen LogP contribution < -0.4 is 19.9 Å². The molecule has 9 heteroatoms. The van der Waals surface area contributed by atoms with E-state index in [4.69, 9.17) is 0 Å². The van der Waals surface area contributed by atoms with E-state index in [2.05, 4.69) is 15.0 Å². The Morgan fingerprint density at radius 2 is 1.64 bits per heavy atom. The van der Waals surface area contributed by atoms with Gasteiger partial charge in [-0.2, -0.15) is 0 Å². The second-order valence-electron chi connectivity index (χ2n) is 6.51. The molecular formula is C19H20F4N3O2+. The average Bonchev–Trinajstić information content (AvgIpc) is 2.63. The number of halogens is 4. The fourth-order valence-corrected chi connectivity index (χ4v) is 3.08. The van der Waals surface area contributed by atoms with Gasteiger partial charge in [0.05, 0.1) is 26.2 Å². The zero-order valence-corrected chi connectivity index (χ0v) is 14.9. The second-order valence-corrected chi connectivity index (χ2v) is 6.51. The fourth-order valence-electron chi connectivity index (χ4n) is 3.08. The molecular weight excluding hydrogens is 378 g/mol. The van der Waals surface area contributed by atoms with Crippen molar-refractivity contribution in [3.63, 3.8) is 0 Å². The molecule has 0 unspecified atom stereocenters. The number of hydrogen-bond donors (Lipinski definition) is 2. The first-order valence-corrected chi connectivity index (χ1v) is 8.78. The Morgan fingerprint density at radius 1 is 1.04 bits per heavy atom. The Bertz CT molecular complexity index is 786. The van der Waals surface area contributed by atoms with Gasteiger partial charge in [0.15, 0.2) is 6.54 Å². The molecule has 1 heterocycles. The van der Waals surface area contributed by atoms with Gasteiger partial charge in [0.25, 0.3) is 5.91 Å². The van der Waals surface area contributed by atoms with Gasteiger partial charge in [-0.1, -0.05) is 0 Å². The maximum Gasteiger partial charge on any atom is 0.573 e. The van der Waals surface area contributed by atoms with Crippen LogP contribution in [0.5, 0.6) is 5.75 Å². The minimum Gasteiger partial charge on any atom is -0.406 e. The summed E-state index contributed by atoms with van der Waals surface area (Å²) < 4.78 is 53.3. The highest BCUT2D eigenvalue weighted by atomic mass is 19.4. The predicted molar refractivity (Wildman–Crippen MR) is 95.9 cm³/mol. The highest BCUT2D eigenvalue weighted by molar-refractivity contribution is 5.91. The monoisotopic (exact) mass is 398 g/mol. The van der Waals surface area contributed by atoms with Crippen LogP contribution in [0, 0.1) is 5.82 Å². The zero-order valence-electron chi connectivity index (χ0n) is 14.9. The summed E-state index contributed by atoms with van der Waals surface area (Å²) in [5.74, 6) is -0.828. The number of piperazine rings is 1. The lowest BCUT2D eigenvalue weighted by molar-refractivity contribution is -0.892. The number of rotatable bonds is 5. The molecule has 1 aliphatic rings. The third-order valence-electron chi connectivity index (χ3n) is 4.44. The molecule has 0 bridgehead atoms. The molecule has 0 radical (unpaired) electrons. The van der Waals surface area contributed by atoms with Crippen molar-refractivity contribution in [1.29, 1.82) is 0 Å². The number of amides is 1. The molecule has 0 spiro atoms. The van der Waals surface area contributed by atoms with Gasteiger partial charge in [-0.25, -0.2) is 4.39 Å². The van der Waals surface area contributed by atoms with Crippen molar-refractivity contribution < 1.29 is 32.0 Å². The maximum absolute atomic E-state index is 13.0. The first-order valence-electron chi connectivity index (χ1n) is 8.78. The lowest BCUT2D eigenvalue weighted by Crippen LogP contribution is -3.15. The average molecular weight is 398 g/mol. The van der Waals surface area contributed by atoms with E-state index in [0.29, 0.717) is 5.69 Å². The molecule has 0 aliphatic carbocycles. The summed E-state index contributed by atoms with van der Waals surface area (Å²) in [6.45, 7) is 3.26. The molecule has 1 fully saturated rings. The number of carbonyl (C=O) groups excluding carboxylic acids is 1. The lowest BCUT2D eigenvalue weighted by atomic mass is 10.2. The summed E-state index contributed by atoms with van der Waals surface area (Å²) in [4.78, 5) is 15.4. The van der Waals surface area contributed by atoms with Crippen molar-refractivity contribution in [2.24, 2.45) is 0 Å². The van der Waals surface area contributed by atoms with E-state index < -0.39 is 6.36 Å². The maximum atomic E-state index is 13.0. The first kappa shape index (κ1) is 19.9. The van der Waals surface area contributed by atoms with Gasteiger partial charge in [-0.3, -0.25) is 4.79 Å². The lowest BCUT2D eigenvalue weighted by Gasteiger charge is -2.33. The van der Waals surface area contributed by atoms with E-state index >= 15 is 0 Å². The Morgan fingerprint density at radius 3 is 2.21 bits per heavy atom. The molecule has 1 saturated heterocycles. The Hall–Kier alpha value is -2.81. The number of alkyl halides is 3. The highest BCUT2D eigenvalue weighted by Crippen LogP contribution is 2.23. The third-order valence-corrected chi connectivity index (χ3v) is 4.44. The van der Waals surface area contributed by atoms with Gasteiger partial charge in [0.2, 0.25) is 0 Å². The molecule has 2 N–H and O–H groups in total. The van der Waals surface area contributed by atoms with Crippen LogP contribution in [0.4, 0.5) is 28.9 Å². The fraction of sp³-hybridized carbons (Fsp3) is 0.316. The molecule has 5 nitrogen and oxygen atoms in total. The molecule has 28 heavy (non-hydrogen) atoms. The van der Waals surface area contributed by atoms with Crippen LogP contribution in [0.25, 0.3) is 0 Å². The summed E-state index contributed by atoms with van der Waals surface area (Å²) in [6.07, 6.45) is -4.75. The Labute approximate surface area is 159 Å². The van der Waals surface area contributed by atoms with E-state index in [1.54, 1.807) is 12.1 Å². The number of hydrogen-bond acceptors (Lipinski definition) is 3. The normalized spacial score (nSPS) is 15.4. The SMILES string of the molecule is O=C(C[NH+]1CCN(c2ccc(F)cc2)CC1)Nc1ccc(OC(F)(F)F)cc1. The van der Waals surface area contributed by atoms with Crippen molar-refractivity contribution >= 4 is 17.3 Å². The van der Waals surface area contributed by atoms with Crippen LogP contribution in [0.1, 0.15) is 0 Å². The zero-order chi connectivity index (χ0) is 20.1. The quantitative estimate of drug-likeness (QED) is 0.759. The van der Waals surface area contributed by atoms with Crippen molar-refractivity contribution in [1.82, 2.24) is 0 Å². The Kier molecular flexibility index (Phi) is 6.03. The van der Waals surface area contributed by atoms with Crippen molar-refractivity contribution in [2.75, 3.05) is 42.9 Å². The molecule has 0 atom stereocenters. The minimum atomic E-state index is -4.75. The molecule has 0 aromatic heterocycles. The number of ether oxygens (including phenoxy) is 1. The summed E-state index contributed by atoms with van der Waals surface area (Å²) >= 11 is 0. The van der Waals surface area contributed by atoms with Gasteiger partial charge < -0.3 is 19.9 Å². The number of nitrogens with zero attached hydrogens (tertiary/aromatic N) is 1. The van der Waals surface area contributed by atoms with Crippen molar-refractivity contribution in [3.05, 3.63) is 54.3 Å². The summed E-state index contributed by atoms with van der Waals surface area (Å²) in [5, 5.41) is 2.68. The second kappa shape index (κ2) is 8.47. The van der Waals surface area contributed by atoms with Crippen molar-refractivity contribution in [3.8, 4) is 5.75 Å². The van der Waals surface area contributed by atoms with E-state index in [1.807, 2.05) is 0 Å². The summed E-state index contributed by atoms with van der Waals surface area (Å²) in [7, 11) is 0. The molecule has 0 saturated carbocycles. The topological polar surface area (TPSA) is 46.0 Å². The van der Waals surface area contributed by atoms with E-state index in [0.717, 1.165) is 48.9 Å². The van der Waals surface area contributed by atoms with E-state index in [-0.39, 0.29) is 24.0 Å². The van der Waals surface area contributed by atoms with Gasteiger partial charge >= 0.3 is 6.36 Å². The van der Waals surface area contributed by atoms with Crippen LogP contribution in [-0.2, 0) is 4.79 Å². The number of nitrogens with one attached hydrogen (secondary N) is 2. The van der Waals surface area contributed by atoms with Gasteiger partial charge in [-0.05, 0) is 48.5 Å². The Balaban J connectivity index is 1.45. The molecule has 1 amide bonds.